The van der Waals surface area contributed by atoms with Crippen molar-refractivity contribution in [3.8, 4) is 5.75 Å². The molecule has 1 amide bonds. The van der Waals surface area contributed by atoms with Crippen molar-refractivity contribution in [2.75, 3.05) is 6.54 Å². The van der Waals surface area contributed by atoms with E-state index in [-0.39, 0.29) is 18.1 Å². The normalized spacial score (nSPS) is 10.3. The molecule has 0 heterocycles. The van der Waals surface area contributed by atoms with Gasteiger partial charge >= 0.3 is 0 Å². The van der Waals surface area contributed by atoms with Gasteiger partial charge in [-0.05, 0) is 12.0 Å². The molecule has 0 saturated heterocycles. The predicted molar refractivity (Wildman–Crippen MR) is 59.7 cm³/mol. The van der Waals surface area contributed by atoms with Crippen molar-refractivity contribution in [1.82, 2.24) is 5.32 Å². The number of benzene rings is 1. The highest BCUT2D eigenvalue weighted by atomic mass is 16.3. The Labute approximate surface area is 90.1 Å². The summed E-state index contributed by atoms with van der Waals surface area (Å²) in [5.74, 6) is 0.570. The van der Waals surface area contributed by atoms with Crippen molar-refractivity contribution in [3.63, 3.8) is 0 Å². The van der Waals surface area contributed by atoms with Crippen LogP contribution in [0, 0.1) is 5.92 Å². The Balaban J connectivity index is 2.48. The van der Waals surface area contributed by atoms with Crippen LogP contribution >= 0.6 is 0 Å². The average Bonchev–Trinajstić information content (AvgIpc) is 2.18. The lowest BCUT2D eigenvalue weighted by atomic mass is 10.1. The lowest BCUT2D eigenvalue weighted by Gasteiger charge is -2.08. The SMILES string of the molecule is CC(C)CNC(=O)Cc1ccccc1O. The molecule has 1 rings (SSSR count). The molecule has 0 radical (unpaired) electrons. The summed E-state index contributed by atoms with van der Waals surface area (Å²) in [5.41, 5.74) is 0.666. The van der Waals surface area contributed by atoms with Gasteiger partial charge in [0.15, 0.2) is 0 Å². The largest absolute Gasteiger partial charge is 0.508 e. The molecule has 0 fully saturated rings. The van der Waals surface area contributed by atoms with Crippen LogP contribution in [0.3, 0.4) is 0 Å². The summed E-state index contributed by atoms with van der Waals surface area (Å²) in [4.78, 5) is 11.4. The third-order valence-electron chi connectivity index (χ3n) is 2.05. The van der Waals surface area contributed by atoms with Gasteiger partial charge in [-0.3, -0.25) is 4.79 Å². The van der Waals surface area contributed by atoms with Gasteiger partial charge in [0.05, 0.1) is 6.42 Å². The van der Waals surface area contributed by atoms with Crippen LogP contribution in [0.5, 0.6) is 5.75 Å². The molecule has 0 spiro atoms. The van der Waals surface area contributed by atoms with Gasteiger partial charge < -0.3 is 10.4 Å². The number of nitrogens with one attached hydrogen (secondary N) is 1. The molecule has 0 aliphatic rings. The van der Waals surface area contributed by atoms with Gasteiger partial charge in [0.25, 0.3) is 0 Å². The Morgan fingerprint density at radius 3 is 2.67 bits per heavy atom. The first-order valence-corrected chi connectivity index (χ1v) is 5.13. The zero-order valence-electron chi connectivity index (χ0n) is 9.16. The van der Waals surface area contributed by atoms with E-state index in [0.29, 0.717) is 18.0 Å². The van der Waals surface area contributed by atoms with E-state index in [1.807, 2.05) is 19.9 Å². The van der Waals surface area contributed by atoms with Crippen LogP contribution in [0.15, 0.2) is 24.3 Å². The zero-order valence-corrected chi connectivity index (χ0v) is 9.16. The molecule has 1 aromatic rings. The third-order valence-corrected chi connectivity index (χ3v) is 2.05. The van der Waals surface area contributed by atoms with Gasteiger partial charge in [-0.1, -0.05) is 32.0 Å². The highest BCUT2D eigenvalue weighted by molar-refractivity contribution is 5.79. The number of hydrogen-bond acceptors (Lipinski definition) is 2. The van der Waals surface area contributed by atoms with Crippen molar-refractivity contribution in [3.05, 3.63) is 29.8 Å². The maximum absolute atomic E-state index is 11.4. The molecule has 0 saturated carbocycles. The summed E-state index contributed by atoms with van der Waals surface area (Å²) in [5, 5.41) is 12.3. The fraction of sp³-hybridized carbons (Fsp3) is 0.417. The van der Waals surface area contributed by atoms with Crippen LogP contribution in [0.25, 0.3) is 0 Å². The molecular formula is C12H17NO2. The molecule has 1 aromatic carbocycles. The second kappa shape index (κ2) is 5.39. The molecule has 2 N–H and O–H groups in total. The second-order valence-corrected chi connectivity index (χ2v) is 4.00. The van der Waals surface area contributed by atoms with Crippen molar-refractivity contribution in [2.45, 2.75) is 20.3 Å². The first-order valence-electron chi connectivity index (χ1n) is 5.13. The van der Waals surface area contributed by atoms with E-state index in [0.717, 1.165) is 0 Å². The first kappa shape index (κ1) is 11.6. The number of phenols is 1. The summed E-state index contributed by atoms with van der Waals surface area (Å²) in [6, 6.07) is 6.89. The molecule has 0 aliphatic carbocycles. The van der Waals surface area contributed by atoms with E-state index in [1.54, 1.807) is 18.2 Å². The molecule has 0 aliphatic heterocycles. The summed E-state index contributed by atoms with van der Waals surface area (Å²) in [6.07, 6.45) is 0.236. The minimum Gasteiger partial charge on any atom is -0.508 e. The average molecular weight is 207 g/mol. The minimum atomic E-state index is -0.0507. The predicted octanol–water partition coefficient (Wildman–Crippen LogP) is 1.71. The van der Waals surface area contributed by atoms with Gasteiger partial charge in [-0.25, -0.2) is 0 Å². The molecule has 3 nitrogen and oxygen atoms in total. The number of carbonyl (C=O) groups is 1. The smallest absolute Gasteiger partial charge is 0.224 e. The van der Waals surface area contributed by atoms with Crippen LogP contribution < -0.4 is 5.32 Å². The Hall–Kier alpha value is -1.51. The van der Waals surface area contributed by atoms with Crippen LogP contribution in [0.1, 0.15) is 19.4 Å². The monoisotopic (exact) mass is 207 g/mol. The molecule has 0 aromatic heterocycles. The molecular weight excluding hydrogens is 190 g/mol. The second-order valence-electron chi connectivity index (χ2n) is 4.00. The van der Waals surface area contributed by atoms with Crippen molar-refractivity contribution < 1.29 is 9.90 Å². The number of phenolic OH excluding ortho intramolecular Hbond substituents is 1. The van der Waals surface area contributed by atoms with E-state index in [9.17, 15) is 9.90 Å². The summed E-state index contributed by atoms with van der Waals surface area (Å²) < 4.78 is 0. The third kappa shape index (κ3) is 4.02. The van der Waals surface area contributed by atoms with Crippen LogP contribution in [-0.4, -0.2) is 17.6 Å². The molecule has 82 valence electrons. The lowest BCUT2D eigenvalue weighted by Crippen LogP contribution is -2.28. The Kier molecular flexibility index (Phi) is 4.16. The quantitative estimate of drug-likeness (QED) is 0.789. The van der Waals surface area contributed by atoms with Gasteiger partial charge in [-0.2, -0.15) is 0 Å². The Bertz CT molecular complexity index is 334. The number of carbonyl (C=O) groups excluding carboxylic acids is 1. The Morgan fingerprint density at radius 1 is 1.40 bits per heavy atom. The maximum Gasteiger partial charge on any atom is 0.224 e. The minimum absolute atomic E-state index is 0.0507. The van der Waals surface area contributed by atoms with E-state index in [4.69, 9.17) is 0 Å². The number of rotatable bonds is 4. The van der Waals surface area contributed by atoms with E-state index >= 15 is 0 Å². The molecule has 15 heavy (non-hydrogen) atoms. The van der Waals surface area contributed by atoms with Gasteiger partial charge in [0.2, 0.25) is 5.91 Å². The Morgan fingerprint density at radius 2 is 2.07 bits per heavy atom. The van der Waals surface area contributed by atoms with E-state index in [1.165, 1.54) is 0 Å². The van der Waals surface area contributed by atoms with Gasteiger partial charge in [0, 0.05) is 12.1 Å². The van der Waals surface area contributed by atoms with E-state index in [2.05, 4.69) is 5.32 Å². The molecule has 3 heteroatoms. The maximum atomic E-state index is 11.4. The standard InChI is InChI=1S/C12H17NO2/c1-9(2)8-13-12(15)7-10-5-3-4-6-11(10)14/h3-6,9,14H,7-8H2,1-2H3,(H,13,15). The number of aromatic hydroxyl groups is 1. The zero-order chi connectivity index (χ0) is 11.3. The van der Waals surface area contributed by atoms with E-state index < -0.39 is 0 Å². The molecule has 0 atom stereocenters. The van der Waals surface area contributed by atoms with Crippen molar-refractivity contribution in [2.24, 2.45) is 5.92 Å². The highest BCUT2D eigenvalue weighted by Crippen LogP contribution is 2.15. The summed E-state index contributed by atoms with van der Waals surface area (Å²) in [6.45, 7) is 4.76. The van der Waals surface area contributed by atoms with Gasteiger partial charge in [-0.15, -0.1) is 0 Å². The topological polar surface area (TPSA) is 49.3 Å². The lowest BCUT2D eigenvalue weighted by molar-refractivity contribution is -0.120. The number of amides is 1. The molecule has 0 bridgehead atoms. The number of hydrogen-bond donors (Lipinski definition) is 2. The highest BCUT2D eigenvalue weighted by Gasteiger charge is 2.06. The van der Waals surface area contributed by atoms with Crippen LogP contribution in [0.2, 0.25) is 0 Å². The van der Waals surface area contributed by atoms with Crippen LogP contribution in [0.4, 0.5) is 0 Å². The molecule has 0 unspecified atom stereocenters. The number of para-hydroxylation sites is 1. The van der Waals surface area contributed by atoms with Crippen molar-refractivity contribution in [1.29, 1.82) is 0 Å². The summed E-state index contributed by atoms with van der Waals surface area (Å²) in [7, 11) is 0. The fourth-order valence-corrected chi connectivity index (χ4v) is 1.21. The van der Waals surface area contributed by atoms with Gasteiger partial charge in [0.1, 0.15) is 5.75 Å². The fourth-order valence-electron chi connectivity index (χ4n) is 1.21. The van der Waals surface area contributed by atoms with Crippen molar-refractivity contribution >= 4 is 5.91 Å². The summed E-state index contributed by atoms with van der Waals surface area (Å²) >= 11 is 0. The first-order chi connectivity index (χ1) is 7.09. The van der Waals surface area contributed by atoms with Crippen LogP contribution in [-0.2, 0) is 11.2 Å².